The molecule has 1 aromatic carbocycles. The summed E-state index contributed by atoms with van der Waals surface area (Å²) in [5.41, 5.74) is 12.4. The molecule has 5 N–H and O–H groups in total. The van der Waals surface area contributed by atoms with Crippen molar-refractivity contribution in [2.45, 2.75) is 19.4 Å². The van der Waals surface area contributed by atoms with Gasteiger partial charge in [0.1, 0.15) is 10.6 Å². The van der Waals surface area contributed by atoms with E-state index in [2.05, 4.69) is 21.8 Å². The van der Waals surface area contributed by atoms with Crippen LogP contribution in [0.25, 0.3) is 0 Å². The Morgan fingerprint density at radius 2 is 2.11 bits per heavy atom. The summed E-state index contributed by atoms with van der Waals surface area (Å²) in [5, 5.41) is 3.87. The second-order valence-corrected chi connectivity index (χ2v) is 5.14. The first-order valence-electron chi connectivity index (χ1n) is 5.93. The van der Waals surface area contributed by atoms with E-state index in [0.717, 1.165) is 18.0 Å². The lowest BCUT2D eigenvalue weighted by molar-refractivity contribution is 0.100. The number of amides is 1. The maximum Gasteiger partial charge on any atom is 0.255 e. The molecule has 0 aliphatic heterocycles. The molecule has 0 aliphatic rings. The molecule has 0 fully saturated rings. The van der Waals surface area contributed by atoms with E-state index >= 15 is 0 Å². The van der Waals surface area contributed by atoms with E-state index in [1.165, 1.54) is 5.56 Å². The van der Waals surface area contributed by atoms with Crippen molar-refractivity contribution in [3.8, 4) is 0 Å². The van der Waals surface area contributed by atoms with Gasteiger partial charge < -0.3 is 16.8 Å². The number of anilines is 2. The van der Waals surface area contributed by atoms with Crippen LogP contribution >= 0.6 is 11.5 Å². The van der Waals surface area contributed by atoms with E-state index in [1.807, 2.05) is 25.1 Å². The highest BCUT2D eigenvalue weighted by atomic mass is 32.1. The first kappa shape index (κ1) is 13.4. The van der Waals surface area contributed by atoms with Crippen LogP contribution in [0.2, 0.25) is 0 Å². The van der Waals surface area contributed by atoms with Crippen molar-refractivity contribution in [1.82, 2.24) is 4.37 Å². The van der Waals surface area contributed by atoms with Gasteiger partial charge in [0.25, 0.3) is 5.91 Å². The van der Waals surface area contributed by atoms with Crippen LogP contribution in [0.4, 0.5) is 10.8 Å². The molecule has 0 saturated carbocycles. The molecule has 100 valence electrons. The molecule has 19 heavy (non-hydrogen) atoms. The second-order valence-electron chi connectivity index (χ2n) is 4.37. The van der Waals surface area contributed by atoms with Crippen LogP contribution in [0.3, 0.4) is 0 Å². The summed E-state index contributed by atoms with van der Waals surface area (Å²) in [4.78, 5) is 11.3. The minimum absolute atomic E-state index is 0.153. The Morgan fingerprint density at radius 1 is 1.42 bits per heavy atom. The number of nitrogens with one attached hydrogen (secondary N) is 1. The first-order chi connectivity index (χ1) is 9.08. The van der Waals surface area contributed by atoms with Crippen LogP contribution in [0, 0.1) is 0 Å². The number of nitrogen functional groups attached to an aromatic ring is 1. The standard InChI is InChI=1S/C13H16N4OS/c1-8(7-9-5-3-2-4-6-9)16-13-10(12(15)18)11(14)17-19-13/h2-6,8,16H,7H2,1H3,(H2,14,17)(H2,15,18). The molecule has 1 heterocycles. The predicted molar refractivity (Wildman–Crippen MR) is 78.3 cm³/mol. The van der Waals surface area contributed by atoms with Gasteiger partial charge in [-0.25, -0.2) is 0 Å². The van der Waals surface area contributed by atoms with Gasteiger partial charge >= 0.3 is 0 Å². The van der Waals surface area contributed by atoms with Crippen molar-refractivity contribution in [1.29, 1.82) is 0 Å². The van der Waals surface area contributed by atoms with Gasteiger partial charge in [0, 0.05) is 6.04 Å². The monoisotopic (exact) mass is 276 g/mol. The number of carbonyl (C=O) groups excluding carboxylic acids is 1. The molecule has 5 nitrogen and oxygen atoms in total. The largest absolute Gasteiger partial charge is 0.382 e. The zero-order valence-corrected chi connectivity index (χ0v) is 11.4. The summed E-state index contributed by atoms with van der Waals surface area (Å²) in [6, 6.07) is 10.3. The molecule has 2 rings (SSSR count). The Morgan fingerprint density at radius 3 is 2.74 bits per heavy atom. The van der Waals surface area contributed by atoms with E-state index < -0.39 is 5.91 Å². The third kappa shape index (κ3) is 3.23. The summed E-state index contributed by atoms with van der Waals surface area (Å²) in [5.74, 6) is -0.368. The Hall–Kier alpha value is -2.08. The Labute approximate surface area is 115 Å². The van der Waals surface area contributed by atoms with Crippen molar-refractivity contribution in [2.75, 3.05) is 11.1 Å². The average molecular weight is 276 g/mol. The third-order valence-electron chi connectivity index (χ3n) is 2.73. The fraction of sp³-hybridized carbons (Fsp3) is 0.231. The fourth-order valence-corrected chi connectivity index (χ4v) is 2.71. The zero-order valence-electron chi connectivity index (χ0n) is 10.6. The molecule has 1 atom stereocenters. The van der Waals surface area contributed by atoms with Crippen LogP contribution in [0.5, 0.6) is 0 Å². The smallest absolute Gasteiger partial charge is 0.255 e. The molecule has 0 aliphatic carbocycles. The number of nitrogens with zero attached hydrogens (tertiary/aromatic N) is 1. The number of hydrogen-bond acceptors (Lipinski definition) is 5. The van der Waals surface area contributed by atoms with Crippen LogP contribution in [-0.2, 0) is 6.42 Å². The van der Waals surface area contributed by atoms with Crippen molar-refractivity contribution in [3.05, 3.63) is 41.5 Å². The SMILES string of the molecule is CC(Cc1ccccc1)Nc1snc(N)c1C(N)=O. The van der Waals surface area contributed by atoms with Crippen molar-refractivity contribution in [2.24, 2.45) is 5.73 Å². The normalized spacial score (nSPS) is 12.1. The highest BCUT2D eigenvalue weighted by Gasteiger charge is 2.18. The van der Waals surface area contributed by atoms with Gasteiger partial charge in [0.15, 0.2) is 5.82 Å². The van der Waals surface area contributed by atoms with Gasteiger partial charge in [-0.1, -0.05) is 30.3 Å². The Kier molecular flexibility index (Phi) is 4.01. The second kappa shape index (κ2) is 5.71. The third-order valence-corrected chi connectivity index (χ3v) is 3.52. The molecule has 0 spiro atoms. The molecule has 0 radical (unpaired) electrons. The van der Waals surface area contributed by atoms with Crippen LogP contribution in [0.15, 0.2) is 30.3 Å². The van der Waals surface area contributed by atoms with Gasteiger partial charge in [-0.15, -0.1) is 0 Å². The summed E-state index contributed by atoms with van der Waals surface area (Å²) in [7, 11) is 0. The molecule has 1 unspecified atom stereocenters. The highest BCUT2D eigenvalue weighted by Crippen LogP contribution is 2.27. The van der Waals surface area contributed by atoms with Gasteiger partial charge in [0.2, 0.25) is 0 Å². The van der Waals surface area contributed by atoms with Gasteiger partial charge in [-0.05, 0) is 30.4 Å². The summed E-state index contributed by atoms with van der Waals surface area (Å²) >= 11 is 1.16. The summed E-state index contributed by atoms with van der Waals surface area (Å²) in [6.07, 6.45) is 0.844. The first-order valence-corrected chi connectivity index (χ1v) is 6.70. The number of rotatable bonds is 5. The molecule has 6 heteroatoms. The van der Waals surface area contributed by atoms with Crippen molar-refractivity contribution in [3.63, 3.8) is 0 Å². The predicted octanol–water partition coefficient (Wildman–Crippen LogP) is 1.87. The van der Waals surface area contributed by atoms with E-state index in [4.69, 9.17) is 11.5 Å². The van der Waals surface area contributed by atoms with Crippen LogP contribution in [-0.4, -0.2) is 16.3 Å². The van der Waals surface area contributed by atoms with Crippen LogP contribution in [0.1, 0.15) is 22.8 Å². The molecular weight excluding hydrogens is 260 g/mol. The Balaban J connectivity index is 2.07. The maximum absolute atomic E-state index is 11.3. The quantitative estimate of drug-likeness (QED) is 0.777. The van der Waals surface area contributed by atoms with E-state index in [0.29, 0.717) is 5.00 Å². The lowest BCUT2D eigenvalue weighted by atomic mass is 10.1. The minimum atomic E-state index is -0.555. The lowest BCUT2D eigenvalue weighted by Gasteiger charge is -2.14. The van der Waals surface area contributed by atoms with Crippen molar-refractivity contribution >= 4 is 28.3 Å². The van der Waals surface area contributed by atoms with Gasteiger partial charge in [-0.2, -0.15) is 4.37 Å². The average Bonchev–Trinajstić information content (AvgIpc) is 2.71. The zero-order chi connectivity index (χ0) is 13.8. The fourth-order valence-electron chi connectivity index (χ4n) is 1.88. The number of hydrogen-bond donors (Lipinski definition) is 3. The molecule has 0 bridgehead atoms. The minimum Gasteiger partial charge on any atom is -0.382 e. The number of aromatic nitrogens is 1. The van der Waals surface area contributed by atoms with E-state index in [9.17, 15) is 4.79 Å². The maximum atomic E-state index is 11.3. The molecule has 1 aromatic heterocycles. The van der Waals surface area contributed by atoms with Gasteiger partial charge in [-0.3, -0.25) is 4.79 Å². The highest BCUT2D eigenvalue weighted by molar-refractivity contribution is 7.11. The molecule has 1 amide bonds. The van der Waals surface area contributed by atoms with Crippen molar-refractivity contribution < 1.29 is 4.79 Å². The topological polar surface area (TPSA) is 94.0 Å². The summed E-state index contributed by atoms with van der Waals surface area (Å²) in [6.45, 7) is 2.04. The lowest BCUT2D eigenvalue weighted by Crippen LogP contribution is -2.21. The van der Waals surface area contributed by atoms with Gasteiger partial charge in [0.05, 0.1) is 0 Å². The van der Waals surface area contributed by atoms with E-state index in [-0.39, 0.29) is 17.4 Å². The van der Waals surface area contributed by atoms with E-state index in [1.54, 1.807) is 0 Å². The number of primary amides is 1. The number of benzene rings is 1. The number of carbonyl (C=O) groups is 1. The Bertz CT molecular complexity index is 567. The summed E-state index contributed by atoms with van der Waals surface area (Å²) < 4.78 is 3.95. The van der Waals surface area contributed by atoms with Crippen LogP contribution < -0.4 is 16.8 Å². The molecular formula is C13H16N4OS. The number of nitrogens with two attached hydrogens (primary N) is 2. The molecule has 2 aromatic rings. The molecule has 0 saturated heterocycles.